The molecule has 43 heavy (non-hydrogen) atoms. The number of methoxy groups -OCH3 is 1. The molecule has 2 aromatic carbocycles. The Morgan fingerprint density at radius 1 is 0.977 bits per heavy atom. The molecule has 1 saturated carbocycles. The summed E-state index contributed by atoms with van der Waals surface area (Å²) in [5.74, 6) is -3.40. The van der Waals surface area contributed by atoms with Gasteiger partial charge < -0.3 is 23.7 Å². The van der Waals surface area contributed by atoms with E-state index >= 15 is 0 Å². The van der Waals surface area contributed by atoms with Crippen LogP contribution in [0, 0.1) is 28.6 Å². The Bertz CT molecular complexity index is 1210. The van der Waals surface area contributed by atoms with E-state index in [4.69, 9.17) is 18.6 Å². The van der Waals surface area contributed by atoms with Crippen LogP contribution in [0.3, 0.4) is 0 Å². The van der Waals surface area contributed by atoms with Crippen molar-refractivity contribution in [1.82, 2.24) is 0 Å². The molecule has 2 fully saturated rings. The summed E-state index contributed by atoms with van der Waals surface area (Å²) in [4.78, 5) is 28.1. The van der Waals surface area contributed by atoms with Crippen molar-refractivity contribution in [2.24, 2.45) is 28.6 Å². The normalized spacial score (nSPS) is 29.2. The lowest BCUT2D eigenvalue weighted by atomic mass is 9.46. The number of rotatable bonds is 11. The maximum absolute atomic E-state index is 14.3. The highest BCUT2D eigenvalue weighted by Crippen LogP contribution is 2.63. The average molecular weight is 611 g/mol. The summed E-state index contributed by atoms with van der Waals surface area (Å²) in [7, 11) is -1.39. The molecule has 1 aliphatic heterocycles. The second-order valence-electron chi connectivity index (χ2n) is 14.1. The number of cyclic esters (lactones) is 1. The fourth-order valence-electron chi connectivity index (χ4n) is 7.76. The van der Waals surface area contributed by atoms with Gasteiger partial charge in [0.1, 0.15) is 12.6 Å². The molecular formula is C35H50O7Si. The van der Waals surface area contributed by atoms with E-state index in [1.165, 1.54) is 6.92 Å². The second-order valence-corrected chi connectivity index (χ2v) is 18.5. The van der Waals surface area contributed by atoms with E-state index in [0.717, 1.165) is 10.4 Å². The van der Waals surface area contributed by atoms with Crippen LogP contribution >= 0.6 is 0 Å². The van der Waals surface area contributed by atoms with E-state index in [-0.39, 0.29) is 30.6 Å². The van der Waals surface area contributed by atoms with Crippen molar-refractivity contribution >= 4 is 30.4 Å². The Kier molecular flexibility index (Phi) is 9.79. The maximum Gasteiger partial charge on any atom is 0.315 e. The molecule has 236 valence electrons. The fraction of sp³-hybridized carbons (Fsp3) is 0.600. The van der Waals surface area contributed by atoms with Crippen LogP contribution in [0.2, 0.25) is 5.04 Å². The molecule has 2 aromatic rings. The predicted molar refractivity (Wildman–Crippen MR) is 169 cm³/mol. The number of carbonyl (C=O) groups excluding carboxylic acids is 2. The highest BCUT2D eigenvalue weighted by atomic mass is 28.4. The Morgan fingerprint density at radius 3 is 2.05 bits per heavy atom. The molecule has 1 saturated heterocycles. The van der Waals surface area contributed by atoms with Crippen LogP contribution in [0.25, 0.3) is 0 Å². The summed E-state index contributed by atoms with van der Waals surface area (Å²) < 4.78 is 24.0. The molecule has 2 aliphatic rings. The highest BCUT2D eigenvalue weighted by Gasteiger charge is 2.70. The summed E-state index contributed by atoms with van der Waals surface area (Å²) >= 11 is 0. The first kappa shape index (κ1) is 33.5. The summed E-state index contributed by atoms with van der Waals surface area (Å²) in [6, 6.07) is 20.8. The van der Waals surface area contributed by atoms with E-state index in [0.29, 0.717) is 19.4 Å². The lowest BCUT2D eigenvalue weighted by molar-refractivity contribution is -0.310. The van der Waals surface area contributed by atoms with Crippen molar-refractivity contribution in [2.75, 3.05) is 27.1 Å². The third-order valence-corrected chi connectivity index (χ3v) is 15.5. The largest absolute Gasteiger partial charge is 0.433 e. The number of fused-ring (bicyclic) bond motifs is 1. The van der Waals surface area contributed by atoms with Crippen LogP contribution in [0.1, 0.15) is 67.7 Å². The smallest absolute Gasteiger partial charge is 0.315 e. The molecule has 0 radical (unpaired) electrons. The van der Waals surface area contributed by atoms with Crippen molar-refractivity contribution in [2.45, 2.75) is 78.6 Å². The lowest BCUT2D eigenvalue weighted by Crippen LogP contribution is -2.70. The van der Waals surface area contributed by atoms with E-state index in [2.05, 4.69) is 45.0 Å². The molecular weight excluding hydrogens is 560 g/mol. The van der Waals surface area contributed by atoms with E-state index in [9.17, 15) is 14.7 Å². The minimum Gasteiger partial charge on any atom is -0.433 e. The van der Waals surface area contributed by atoms with Gasteiger partial charge in [-0.2, -0.15) is 0 Å². The molecule has 1 aliphatic carbocycles. The summed E-state index contributed by atoms with van der Waals surface area (Å²) in [6.07, 6.45) is 1.23. The molecule has 1 heterocycles. The van der Waals surface area contributed by atoms with Crippen molar-refractivity contribution in [3.63, 3.8) is 0 Å². The molecule has 0 amide bonds. The minimum atomic E-state index is -2.96. The lowest BCUT2D eigenvalue weighted by Gasteiger charge is -2.61. The highest BCUT2D eigenvalue weighted by molar-refractivity contribution is 6.99. The zero-order valence-corrected chi connectivity index (χ0v) is 28.1. The monoisotopic (exact) mass is 610 g/mol. The van der Waals surface area contributed by atoms with Gasteiger partial charge in [-0.15, -0.1) is 0 Å². The predicted octanol–water partition coefficient (Wildman–Crippen LogP) is 5.08. The number of benzene rings is 2. The molecule has 0 unspecified atom stereocenters. The first-order chi connectivity index (χ1) is 20.2. The molecule has 0 spiro atoms. The van der Waals surface area contributed by atoms with E-state index in [1.807, 2.05) is 57.2 Å². The number of hydrogen-bond donors (Lipinski definition) is 1. The number of ketones is 1. The first-order valence-corrected chi connectivity index (χ1v) is 17.4. The Hall–Kier alpha value is -2.36. The Balaban J connectivity index is 1.85. The average Bonchev–Trinajstić information content (AvgIpc) is 2.95. The van der Waals surface area contributed by atoms with Gasteiger partial charge in [0, 0.05) is 50.9 Å². The number of aliphatic hydroxyl groups is 1. The summed E-state index contributed by atoms with van der Waals surface area (Å²) in [5, 5.41) is 13.4. The Morgan fingerprint density at radius 2 is 1.53 bits per heavy atom. The molecule has 0 bridgehead atoms. The zero-order chi connectivity index (χ0) is 31.7. The van der Waals surface area contributed by atoms with Gasteiger partial charge in [-0.1, -0.05) is 102 Å². The van der Waals surface area contributed by atoms with E-state index in [1.54, 1.807) is 7.11 Å². The van der Waals surface area contributed by atoms with Crippen molar-refractivity contribution in [3.05, 3.63) is 60.7 Å². The zero-order valence-electron chi connectivity index (χ0n) is 27.1. The van der Waals surface area contributed by atoms with Crippen LogP contribution in [0.5, 0.6) is 0 Å². The van der Waals surface area contributed by atoms with Gasteiger partial charge in [-0.05, 0) is 34.2 Å². The van der Waals surface area contributed by atoms with Crippen molar-refractivity contribution in [1.29, 1.82) is 0 Å². The van der Waals surface area contributed by atoms with E-state index < -0.39 is 48.7 Å². The van der Waals surface area contributed by atoms with Gasteiger partial charge in [0.15, 0.2) is 0 Å². The third kappa shape index (κ3) is 5.77. The minimum absolute atomic E-state index is 0.0888. The molecule has 4 rings (SSSR count). The van der Waals surface area contributed by atoms with Crippen LogP contribution in [0.4, 0.5) is 0 Å². The number of ether oxygens (including phenoxy) is 3. The van der Waals surface area contributed by atoms with Gasteiger partial charge in [0.05, 0.1) is 5.41 Å². The van der Waals surface area contributed by atoms with Crippen molar-refractivity contribution < 1.29 is 33.3 Å². The third-order valence-electron chi connectivity index (χ3n) is 10.5. The quantitative estimate of drug-likeness (QED) is 0.164. The SMILES string of the molecule is COCOCCC[C@@]12C(=O)O[C@@](C)(O)C(C)(C)[C@@H]1CC(=O)[C@H](C)[C@@H]2CO[Si](c1ccccc1)(c1ccccc1)C(C)(C)C. The van der Waals surface area contributed by atoms with Gasteiger partial charge in [-0.25, -0.2) is 0 Å². The van der Waals surface area contributed by atoms with Gasteiger partial charge in [0.2, 0.25) is 5.79 Å². The number of carbonyl (C=O) groups is 2. The molecule has 7 nitrogen and oxygen atoms in total. The first-order valence-electron chi connectivity index (χ1n) is 15.5. The van der Waals surface area contributed by atoms with Crippen LogP contribution in [-0.2, 0) is 28.2 Å². The molecule has 8 heteroatoms. The Labute approximate surface area is 258 Å². The van der Waals surface area contributed by atoms with Crippen LogP contribution in [-0.4, -0.2) is 58.1 Å². The standard InChI is InChI=1S/C35H50O7Si/c1-25-28(23-41-43(32(2,3)4,26-16-11-9-12-17-26)27-18-13-10-14-19-27)35(20-15-21-40-24-39-8)30(22-29(25)36)33(5,6)34(7,38)42-31(35)37/h9-14,16-19,25,28,30,38H,15,20-24H2,1-8H3/t25-,28+,30+,34-,35+/m1/s1. The summed E-state index contributed by atoms with van der Waals surface area (Å²) in [5.41, 5.74) is -1.92. The van der Waals surface area contributed by atoms with Crippen LogP contribution in [0.15, 0.2) is 60.7 Å². The van der Waals surface area contributed by atoms with Gasteiger partial charge in [-0.3, -0.25) is 9.59 Å². The number of esters is 1. The topological polar surface area (TPSA) is 91.3 Å². The molecule has 1 N–H and O–H groups in total. The fourth-order valence-corrected chi connectivity index (χ4v) is 12.3. The summed E-state index contributed by atoms with van der Waals surface area (Å²) in [6.45, 7) is 14.7. The van der Waals surface area contributed by atoms with Gasteiger partial charge in [0.25, 0.3) is 8.32 Å². The second kappa shape index (κ2) is 12.6. The van der Waals surface area contributed by atoms with Crippen molar-refractivity contribution in [3.8, 4) is 0 Å². The molecule has 5 atom stereocenters. The number of hydrogen-bond acceptors (Lipinski definition) is 7. The van der Waals surface area contributed by atoms with Crippen LogP contribution < -0.4 is 10.4 Å². The molecule has 0 aromatic heterocycles. The van der Waals surface area contributed by atoms with Gasteiger partial charge >= 0.3 is 5.97 Å². The number of Topliss-reactive ketones (excluding diaryl/α,β-unsaturated/α-hetero) is 1. The maximum atomic E-state index is 14.3.